The maximum Gasteiger partial charge on any atom is 0.149 e. The van der Waals surface area contributed by atoms with Gasteiger partial charge in [-0.15, -0.1) is 0 Å². The Hall–Kier alpha value is -6.26. The number of pyridine rings is 1. The number of imidazole rings is 1. The van der Waals surface area contributed by atoms with E-state index in [1.807, 2.05) is 32.0 Å². The summed E-state index contributed by atoms with van der Waals surface area (Å²) >= 11 is 0. The molecule has 0 aliphatic rings. The first-order valence-electron chi connectivity index (χ1n) is 24.1. The van der Waals surface area contributed by atoms with Crippen LogP contribution in [0.4, 0.5) is 0 Å². The molecule has 0 amide bonds. The Morgan fingerprint density at radius 3 is 1.81 bits per heavy atom. The molecule has 0 radical (unpaired) electrons. The van der Waals surface area contributed by atoms with Crippen LogP contribution in [0.5, 0.6) is 5.75 Å². The minimum Gasteiger partial charge on any atom is -0.507 e. The summed E-state index contributed by atoms with van der Waals surface area (Å²) in [7, 11) is 0. The lowest BCUT2D eigenvalue weighted by Gasteiger charge is -2.28. The predicted octanol–water partition coefficient (Wildman–Crippen LogP) is 16.3. The van der Waals surface area contributed by atoms with Gasteiger partial charge in [0, 0.05) is 22.9 Å². The zero-order valence-corrected chi connectivity index (χ0v) is 40.3. The number of para-hydroxylation sites is 1. The van der Waals surface area contributed by atoms with Crippen LogP contribution in [0.25, 0.3) is 72.7 Å². The van der Waals surface area contributed by atoms with Crippen LogP contribution in [0.3, 0.4) is 0 Å². The van der Waals surface area contributed by atoms with Crippen molar-refractivity contribution in [2.75, 3.05) is 0 Å². The van der Waals surface area contributed by atoms with E-state index < -0.39 is 0 Å². The fourth-order valence-corrected chi connectivity index (χ4v) is 8.87. The molecule has 326 valence electrons. The Morgan fingerprint density at radius 2 is 1.17 bits per heavy atom. The van der Waals surface area contributed by atoms with Gasteiger partial charge in [-0.05, 0) is 140 Å². The zero-order valence-electron chi connectivity index (χ0n) is 43.3. The summed E-state index contributed by atoms with van der Waals surface area (Å²) in [6.45, 7) is 30.3. The summed E-state index contributed by atoms with van der Waals surface area (Å²) in [6, 6.07) is 38.7. The first-order valence-corrected chi connectivity index (χ1v) is 22.6. The molecule has 4 nitrogen and oxygen atoms in total. The third-order valence-electron chi connectivity index (χ3n) is 12.6. The molecule has 0 atom stereocenters. The second-order valence-electron chi connectivity index (χ2n) is 21.7. The van der Waals surface area contributed by atoms with Crippen molar-refractivity contribution in [2.45, 2.75) is 119 Å². The van der Waals surface area contributed by atoms with Crippen molar-refractivity contribution in [3.63, 3.8) is 0 Å². The predicted molar refractivity (Wildman–Crippen MR) is 272 cm³/mol. The summed E-state index contributed by atoms with van der Waals surface area (Å²) in [6.07, 6.45) is 1.80. The average molecular weight is 847 g/mol. The third-order valence-corrected chi connectivity index (χ3v) is 12.6. The second-order valence-corrected chi connectivity index (χ2v) is 21.7. The lowest BCUT2D eigenvalue weighted by Crippen LogP contribution is -2.18. The molecule has 0 bridgehead atoms. The average Bonchev–Trinajstić information content (AvgIpc) is 3.66. The molecule has 1 N–H and O–H groups in total. The Bertz CT molecular complexity index is 3200. The molecular formula is C60H65N3O. The third kappa shape index (κ3) is 8.43. The quantitative estimate of drug-likeness (QED) is 0.181. The molecule has 64 heavy (non-hydrogen) atoms. The number of fused-ring (bicyclic) bond motifs is 1. The molecule has 2 heterocycles. The van der Waals surface area contributed by atoms with Gasteiger partial charge in [0.25, 0.3) is 0 Å². The first kappa shape index (κ1) is 40.5. The topological polar surface area (TPSA) is 50.9 Å². The van der Waals surface area contributed by atoms with E-state index >= 15 is 0 Å². The Kier molecular flexibility index (Phi) is 10.2. The smallest absolute Gasteiger partial charge is 0.149 e. The van der Waals surface area contributed by atoms with Gasteiger partial charge in [-0.3, -0.25) is 9.55 Å². The highest BCUT2D eigenvalue weighted by atomic mass is 16.3. The van der Waals surface area contributed by atoms with Crippen molar-refractivity contribution in [3.05, 3.63) is 167 Å². The van der Waals surface area contributed by atoms with Crippen LogP contribution in [0.15, 0.2) is 134 Å². The lowest BCUT2D eigenvalue weighted by atomic mass is 9.78. The van der Waals surface area contributed by atoms with E-state index in [1.54, 1.807) is 6.20 Å². The van der Waals surface area contributed by atoms with Crippen molar-refractivity contribution in [2.24, 2.45) is 0 Å². The van der Waals surface area contributed by atoms with Gasteiger partial charge in [0.1, 0.15) is 11.6 Å². The molecule has 6 aromatic carbocycles. The van der Waals surface area contributed by atoms with Crippen molar-refractivity contribution < 1.29 is 9.22 Å². The molecule has 2 aromatic heterocycles. The van der Waals surface area contributed by atoms with E-state index in [0.29, 0.717) is 22.5 Å². The van der Waals surface area contributed by atoms with E-state index in [-0.39, 0.29) is 45.5 Å². The van der Waals surface area contributed by atoms with Crippen LogP contribution in [0.1, 0.15) is 121 Å². The maximum absolute atomic E-state index is 12.6. The first-order chi connectivity index (χ1) is 31.3. The number of hydrogen-bond donors (Lipinski definition) is 1. The maximum atomic E-state index is 12.6. The number of benzene rings is 6. The number of aromatic hydroxyl groups is 1. The molecule has 0 aliphatic carbocycles. The number of phenols is 1. The molecule has 0 saturated heterocycles. The number of phenolic OH excluding ortho intramolecular Hbond substituents is 1. The summed E-state index contributed by atoms with van der Waals surface area (Å²) in [5, 5.41) is 12.6. The van der Waals surface area contributed by atoms with Gasteiger partial charge in [-0.25, -0.2) is 4.98 Å². The Labute approximate surface area is 386 Å². The fraction of sp³-hybridized carbons (Fsp3) is 0.300. The fourth-order valence-electron chi connectivity index (χ4n) is 8.87. The van der Waals surface area contributed by atoms with Crippen molar-refractivity contribution >= 4 is 11.0 Å². The molecule has 0 saturated carbocycles. The van der Waals surface area contributed by atoms with E-state index in [4.69, 9.17) is 14.1 Å². The van der Waals surface area contributed by atoms with E-state index in [1.165, 1.54) is 0 Å². The molecule has 8 rings (SSSR count). The van der Waals surface area contributed by atoms with Crippen LogP contribution in [0.2, 0.25) is 0 Å². The van der Waals surface area contributed by atoms with E-state index in [9.17, 15) is 5.11 Å². The molecule has 4 heteroatoms. The second kappa shape index (κ2) is 16.1. The van der Waals surface area contributed by atoms with Crippen molar-refractivity contribution in [3.8, 4) is 67.5 Å². The monoisotopic (exact) mass is 847 g/mol. The minimum atomic E-state index is -0.347. The van der Waals surface area contributed by atoms with E-state index in [2.05, 4.69) is 179 Å². The summed E-state index contributed by atoms with van der Waals surface area (Å²) in [4.78, 5) is 10.6. The summed E-state index contributed by atoms with van der Waals surface area (Å²) in [5.41, 5.74) is 15.6. The van der Waals surface area contributed by atoms with Crippen molar-refractivity contribution in [1.29, 1.82) is 0 Å². The van der Waals surface area contributed by atoms with Crippen LogP contribution >= 0.6 is 0 Å². The molecule has 0 aliphatic heterocycles. The molecule has 8 aromatic rings. The highest BCUT2D eigenvalue weighted by molar-refractivity contribution is 5.97. The Morgan fingerprint density at radius 1 is 0.531 bits per heavy atom. The van der Waals surface area contributed by atoms with Crippen LogP contribution < -0.4 is 0 Å². The number of rotatable bonds is 6. The molecular weight excluding hydrogens is 779 g/mol. The van der Waals surface area contributed by atoms with Gasteiger partial charge in [-0.1, -0.05) is 162 Å². The van der Waals surface area contributed by atoms with Gasteiger partial charge in [0.2, 0.25) is 0 Å². The summed E-state index contributed by atoms with van der Waals surface area (Å²) in [5.74, 6) is 0.903. The standard InChI is InChI=1S/C60H65N3O/c1-37-20-18-21-38(2)53(37)41-28-29-61-50(34-41)43-30-42(31-44(32-43)57(3,4)5)46-24-19-25-52-54(46)62-56(47-35-45(58(6,7)8)36-49(55(47)64)60(12,13)14)63(52)51-27-26-40(33-48(51)59(9,10)11)39-22-16-15-17-23-39/h15-36,64H,1-14H3/i18D,20D,21D. The molecule has 0 spiro atoms. The highest BCUT2D eigenvalue weighted by Crippen LogP contribution is 2.46. The van der Waals surface area contributed by atoms with Gasteiger partial charge in [0.15, 0.2) is 0 Å². The lowest BCUT2D eigenvalue weighted by molar-refractivity contribution is 0.446. The summed E-state index contributed by atoms with van der Waals surface area (Å²) < 4.78 is 27.9. The Balaban J connectivity index is 1.44. The molecule has 0 fully saturated rings. The SMILES string of the molecule is [2H]c1c([2H])c(C)c(-c2ccnc(-c3cc(-c4cccc5c4nc(-c4cc(C(C)(C)C)cc(C(C)(C)C)c4O)n5-c4ccc(-c5ccccc5)cc4C(C)(C)C)cc(C(C)(C)C)c3)c2)c(C)c1[2H]. The van der Waals surface area contributed by atoms with Crippen LogP contribution in [-0.2, 0) is 21.7 Å². The van der Waals surface area contributed by atoms with Gasteiger partial charge < -0.3 is 5.11 Å². The van der Waals surface area contributed by atoms with E-state index in [0.717, 1.165) is 83.6 Å². The normalized spacial score (nSPS) is 13.2. The number of hydrogen-bond acceptors (Lipinski definition) is 3. The van der Waals surface area contributed by atoms with Crippen LogP contribution in [0, 0.1) is 13.8 Å². The number of aromatic nitrogens is 3. The van der Waals surface area contributed by atoms with Gasteiger partial charge in [-0.2, -0.15) is 0 Å². The highest BCUT2D eigenvalue weighted by Gasteiger charge is 2.31. The molecule has 0 unspecified atom stereocenters. The zero-order chi connectivity index (χ0) is 48.7. The largest absolute Gasteiger partial charge is 0.507 e. The van der Waals surface area contributed by atoms with Gasteiger partial charge in [0.05, 0.1) is 32.1 Å². The number of nitrogens with zero attached hydrogens (tertiary/aromatic N) is 3. The van der Waals surface area contributed by atoms with Gasteiger partial charge >= 0.3 is 0 Å². The van der Waals surface area contributed by atoms with Crippen molar-refractivity contribution in [1.82, 2.24) is 14.5 Å². The minimum absolute atomic E-state index is 0.0547. The van der Waals surface area contributed by atoms with Crippen LogP contribution in [-0.4, -0.2) is 19.6 Å².